The SMILES string of the molecule is NCC1(c2cccc(Cl)c2)CCC(N2N=C(c3ccccc3)C=CC2O)CC1. The van der Waals surface area contributed by atoms with Gasteiger partial charge in [-0.3, -0.25) is 5.01 Å². The molecule has 2 aromatic carbocycles. The Kier molecular flexibility index (Phi) is 5.54. The molecule has 1 atom stereocenters. The zero-order valence-corrected chi connectivity index (χ0v) is 16.6. The molecule has 2 aromatic rings. The van der Waals surface area contributed by atoms with Crippen LogP contribution < -0.4 is 5.73 Å². The first-order valence-corrected chi connectivity index (χ1v) is 10.2. The highest BCUT2D eigenvalue weighted by molar-refractivity contribution is 6.30. The lowest BCUT2D eigenvalue weighted by atomic mass is 9.68. The normalized spacial score (nSPS) is 27.5. The maximum Gasteiger partial charge on any atom is 0.162 e. The number of nitrogens with zero attached hydrogens (tertiary/aromatic N) is 2. The molecule has 0 bridgehead atoms. The molecule has 4 rings (SSSR count). The van der Waals surface area contributed by atoms with Crippen LogP contribution in [0, 0.1) is 0 Å². The number of hydrogen-bond donors (Lipinski definition) is 2. The lowest BCUT2D eigenvalue weighted by Crippen LogP contribution is -2.47. The number of nitrogens with two attached hydrogens (primary N) is 1. The molecule has 0 amide bonds. The first-order chi connectivity index (χ1) is 13.6. The maximum atomic E-state index is 10.5. The van der Waals surface area contributed by atoms with Crippen molar-refractivity contribution in [3.05, 3.63) is 82.9 Å². The van der Waals surface area contributed by atoms with Gasteiger partial charge in [-0.1, -0.05) is 54.1 Å². The highest BCUT2D eigenvalue weighted by Crippen LogP contribution is 2.41. The van der Waals surface area contributed by atoms with Gasteiger partial charge in [0, 0.05) is 22.5 Å². The molecule has 4 nitrogen and oxygen atoms in total. The molecular formula is C23H26ClN3O. The minimum atomic E-state index is -0.686. The second-order valence-corrected chi connectivity index (χ2v) is 8.17. The average Bonchev–Trinajstić information content (AvgIpc) is 2.75. The minimum absolute atomic E-state index is 0.0516. The second-order valence-electron chi connectivity index (χ2n) is 7.73. The van der Waals surface area contributed by atoms with E-state index in [0.717, 1.165) is 42.0 Å². The van der Waals surface area contributed by atoms with E-state index >= 15 is 0 Å². The molecule has 1 heterocycles. The van der Waals surface area contributed by atoms with E-state index in [4.69, 9.17) is 22.4 Å². The third-order valence-corrected chi connectivity index (χ3v) is 6.34. The Bertz CT molecular complexity index is 872. The Labute approximate surface area is 171 Å². The van der Waals surface area contributed by atoms with Crippen molar-refractivity contribution in [3.63, 3.8) is 0 Å². The first kappa shape index (κ1) is 19.2. The van der Waals surface area contributed by atoms with Crippen molar-refractivity contribution in [2.75, 3.05) is 6.54 Å². The van der Waals surface area contributed by atoms with Crippen LogP contribution in [0.5, 0.6) is 0 Å². The van der Waals surface area contributed by atoms with E-state index in [1.165, 1.54) is 5.56 Å². The number of hydrogen-bond acceptors (Lipinski definition) is 4. The zero-order chi connectivity index (χ0) is 19.6. The van der Waals surface area contributed by atoms with Crippen LogP contribution in [-0.4, -0.2) is 34.6 Å². The summed E-state index contributed by atoms with van der Waals surface area (Å²) in [7, 11) is 0. The molecule has 1 saturated carbocycles. The summed E-state index contributed by atoms with van der Waals surface area (Å²) in [6.07, 6.45) is 6.80. The van der Waals surface area contributed by atoms with Gasteiger partial charge in [0.2, 0.25) is 0 Å². The largest absolute Gasteiger partial charge is 0.369 e. The molecule has 0 aromatic heterocycles. The Balaban J connectivity index is 1.52. The average molecular weight is 396 g/mol. The van der Waals surface area contributed by atoms with E-state index < -0.39 is 6.23 Å². The van der Waals surface area contributed by atoms with Crippen molar-refractivity contribution in [3.8, 4) is 0 Å². The molecule has 1 fully saturated rings. The summed E-state index contributed by atoms with van der Waals surface area (Å²) >= 11 is 6.22. The minimum Gasteiger partial charge on any atom is -0.369 e. The third-order valence-electron chi connectivity index (χ3n) is 6.10. The van der Waals surface area contributed by atoms with E-state index in [0.29, 0.717) is 6.54 Å². The van der Waals surface area contributed by atoms with Gasteiger partial charge in [-0.25, -0.2) is 0 Å². The third kappa shape index (κ3) is 3.72. The van der Waals surface area contributed by atoms with Crippen molar-refractivity contribution < 1.29 is 5.11 Å². The first-order valence-electron chi connectivity index (χ1n) is 9.86. The number of benzene rings is 2. The van der Waals surface area contributed by atoms with Crippen molar-refractivity contribution in [1.29, 1.82) is 0 Å². The van der Waals surface area contributed by atoms with Gasteiger partial charge in [-0.05, 0) is 55.5 Å². The van der Waals surface area contributed by atoms with Crippen molar-refractivity contribution >= 4 is 17.3 Å². The molecule has 1 aliphatic carbocycles. The summed E-state index contributed by atoms with van der Waals surface area (Å²) in [4.78, 5) is 0. The van der Waals surface area contributed by atoms with Gasteiger partial charge in [-0.15, -0.1) is 0 Å². The van der Waals surface area contributed by atoms with Crippen LogP contribution in [0.3, 0.4) is 0 Å². The summed E-state index contributed by atoms with van der Waals surface area (Å²) in [6, 6.07) is 18.3. The number of halogens is 1. The summed E-state index contributed by atoms with van der Waals surface area (Å²) < 4.78 is 0. The zero-order valence-electron chi connectivity index (χ0n) is 15.8. The lowest BCUT2D eigenvalue weighted by molar-refractivity contribution is -0.00952. The van der Waals surface area contributed by atoms with Crippen LogP contribution in [0.25, 0.3) is 0 Å². The van der Waals surface area contributed by atoms with Crippen molar-refractivity contribution in [2.24, 2.45) is 10.8 Å². The van der Waals surface area contributed by atoms with Crippen molar-refractivity contribution in [1.82, 2.24) is 5.01 Å². The Morgan fingerprint density at radius 3 is 2.54 bits per heavy atom. The maximum absolute atomic E-state index is 10.5. The highest BCUT2D eigenvalue weighted by Gasteiger charge is 2.39. The Morgan fingerprint density at radius 2 is 1.86 bits per heavy atom. The fourth-order valence-electron chi connectivity index (χ4n) is 4.39. The van der Waals surface area contributed by atoms with Crippen LogP contribution in [-0.2, 0) is 5.41 Å². The van der Waals surface area contributed by atoms with Gasteiger partial charge < -0.3 is 10.8 Å². The summed E-state index contributed by atoms with van der Waals surface area (Å²) in [5, 5.41) is 17.9. The van der Waals surface area contributed by atoms with E-state index in [2.05, 4.69) is 6.07 Å². The molecule has 2 aliphatic rings. The van der Waals surface area contributed by atoms with E-state index in [9.17, 15) is 5.11 Å². The molecule has 0 saturated heterocycles. The van der Waals surface area contributed by atoms with Crippen LogP contribution in [0.2, 0.25) is 5.02 Å². The standard InChI is InChI=1S/C23H26ClN3O/c24-19-8-4-7-18(15-19)23(16-25)13-11-20(12-14-23)27-22(28)10-9-21(26-27)17-5-2-1-3-6-17/h1-10,15,20,22,28H,11-14,16,25H2. The predicted octanol–water partition coefficient (Wildman–Crippen LogP) is 4.07. The van der Waals surface area contributed by atoms with Crippen LogP contribution in [0.15, 0.2) is 71.9 Å². The van der Waals surface area contributed by atoms with Gasteiger partial charge in [0.15, 0.2) is 6.23 Å². The Hall–Kier alpha value is -2.14. The predicted molar refractivity (Wildman–Crippen MR) is 114 cm³/mol. The number of rotatable bonds is 4. The van der Waals surface area contributed by atoms with Gasteiger partial charge in [-0.2, -0.15) is 5.10 Å². The van der Waals surface area contributed by atoms with E-state index in [1.54, 1.807) is 0 Å². The van der Waals surface area contributed by atoms with Gasteiger partial charge in [0.25, 0.3) is 0 Å². The summed E-state index contributed by atoms with van der Waals surface area (Å²) in [5.41, 5.74) is 9.33. The van der Waals surface area contributed by atoms with Crippen molar-refractivity contribution in [2.45, 2.75) is 43.4 Å². The molecule has 1 aliphatic heterocycles. The number of allylic oxidation sites excluding steroid dienone is 1. The molecular weight excluding hydrogens is 370 g/mol. The molecule has 1 unspecified atom stereocenters. The molecule has 5 heteroatoms. The van der Waals surface area contributed by atoms with Gasteiger partial charge >= 0.3 is 0 Å². The van der Waals surface area contributed by atoms with Crippen LogP contribution in [0.1, 0.15) is 36.8 Å². The topological polar surface area (TPSA) is 61.8 Å². The quantitative estimate of drug-likeness (QED) is 0.820. The fourth-order valence-corrected chi connectivity index (χ4v) is 4.58. The highest BCUT2D eigenvalue weighted by atomic mass is 35.5. The molecule has 0 spiro atoms. The van der Waals surface area contributed by atoms with Crippen LogP contribution >= 0.6 is 11.6 Å². The lowest BCUT2D eigenvalue weighted by Gasteiger charge is -2.44. The molecule has 3 N–H and O–H groups in total. The molecule has 28 heavy (non-hydrogen) atoms. The number of aliphatic hydroxyl groups excluding tert-OH is 1. The fraction of sp³-hybridized carbons (Fsp3) is 0.348. The number of aliphatic hydroxyl groups is 1. The van der Waals surface area contributed by atoms with E-state index in [1.807, 2.05) is 65.7 Å². The monoisotopic (exact) mass is 395 g/mol. The number of hydrazone groups is 1. The smallest absolute Gasteiger partial charge is 0.162 e. The summed E-state index contributed by atoms with van der Waals surface area (Å²) in [5.74, 6) is 0. The second kappa shape index (κ2) is 8.08. The van der Waals surface area contributed by atoms with E-state index in [-0.39, 0.29) is 11.5 Å². The Morgan fingerprint density at radius 1 is 1.11 bits per heavy atom. The van der Waals surface area contributed by atoms with Crippen LogP contribution in [0.4, 0.5) is 0 Å². The molecule has 146 valence electrons. The molecule has 0 radical (unpaired) electrons. The van der Waals surface area contributed by atoms with Gasteiger partial charge in [0.05, 0.1) is 11.8 Å². The summed E-state index contributed by atoms with van der Waals surface area (Å²) in [6.45, 7) is 0.598. The van der Waals surface area contributed by atoms with Gasteiger partial charge in [0.1, 0.15) is 0 Å².